The van der Waals surface area contributed by atoms with Crippen molar-refractivity contribution in [2.75, 3.05) is 5.32 Å². The van der Waals surface area contributed by atoms with Crippen molar-refractivity contribution in [3.05, 3.63) is 84.1 Å². The van der Waals surface area contributed by atoms with Crippen LogP contribution in [0.25, 0.3) is 16.9 Å². The number of aromatic carboxylic acids is 1. The summed E-state index contributed by atoms with van der Waals surface area (Å²) in [4.78, 5) is 15.8. The number of rotatable bonds is 4. The number of imidazole rings is 1. The van der Waals surface area contributed by atoms with Crippen LogP contribution in [-0.4, -0.2) is 20.5 Å². The van der Waals surface area contributed by atoms with Gasteiger partial charge in [-0.3, -0.25) is 4.40 Å². The largest absolute Gasteiger partial charge is 0.478 e. The Morgan fingerprint density at radius 1 is 1.04 bits per heavy atom. The number of anilines is 2. The van der Waals surface area contributed by atoms with Gasteiger partial charge in [-0.15, -0.1) is 6.42 Å². The molecule has 0 radical (unpaired) electrons. The molecule has 27 heavy (non-hydrogen) atoms. The number of aromatic nitrogens is 2. The molecular formula is C22H15N3O2. The summed E-state index contributed by atoms with van der Waals surface area (Å²) < 4.78 is 1.91. The minimum Gasteiger partial charge on any atom is -0.478 e. The van der Waals surface area contributed by atoms with E-state index in [-0.39, 0.29) is 5.56 Å². The highest BCUT2D eigenvalue weighted by atomic mass is 16.4. The number of carboxylic acid groups (broad SMARTS) is 1. The second kappa shape index (κ2) is 6.70. The van der Waals surface area contributed by atoms with Gasteiger partial charge in [0.2, 0.25) is 0 Å². The molecule has 0 fully saturated rings. The average molecular weight is 353 g/mol. The Morgan fingerprint density at radius 3 is 2.44 bits per heavy atom. The van der Waals surface area contributed by atoms with E-state index in [1.54, 1.807) is 24.3 Å². The molecule has 0 saturated carbocycles. The molecule has 0 aliphatic carbocycles. The highest BCUT2D eigenvalue weighted by Gasteiger charge is 2.15. The topological polar surface area (TPSA) is 66.6 Å². The van der Waals surface area contributed by atoms with E-state index in [1.165, 1.54) is 0 Å². The van der Waals surface area contributed by atoms with E-state index in [1.807, 2.05) is 53.1 Å². The first-order chi connectivity index (χ1) is 13.2. The number of nitrogens with zero attached hydrogens (tertiary/aromatic N) is 2. The Labute approximate surface area is 155 Å². The van der Waals surface area contributed by atoms with Crippen LogP contribution in [0.3, 0.4) is 0 Å². The van der Waals surface area contributed by atoms with Gasteiger partial charge >= 0.3 is 5.97 Å². The van der Waals surface area contributed by atoms with Crippen LogP contribution < -0.4 is 5.32 Å². The van der Waals surface area contributed by atoms with Crippen molar-refractivity contribution < 1.29 is 9.90 Å². The Balaban J connectivity index is 1.86. The summed E-state index contributed by atoms with van der Waals surface area (Å²) >= 11 is 0. The van der Waals surface area contributed by atoms with Gasteiger partial charge in [-0.05, 0) is 36.4 Å². The monoisotopic (exact) mass is 353 g/mol. The van der Waals surface area contributed by atoms with E-state index in [0.29, 0.717) is 0 Å². The maximum atomic E-state index is 11.1. The second-order valence-corrected chi connectivity index (χ2v) is 5.97. The number of benzene rings is 2. The quantitative estimate of drug-likeness (QED) is 0.533. The third-order valence-corrected chi connectivity index (χ3v) is 4.23. The van der Waals surface area contributed by atoms with Crippen LogP contribution in [0.15, 0.2) is 72.9 Å². The molecule has 2 aromatic carbocycles. The molecular weight excluding hydrogens is 338 g/mol. The summed E-state index contributed by atoms with van der Waals surface area (Å²) in [6.07, 6.45) is 7.40. The lowest BCUT2D eigenvalue weighted by Gasteiger charge is -2.09. The Morgan fingerprint density at radius 2 is 1.78 bits per heavy atom. The van der Waals surface area contributed by atoms with Crippen LogP contribution in [0.4, 0.5) is 11.5 Å². The first kappa shape index (κ1) is 16.4. The second-order valence-electron chi connectivity index (χ2n) is 5.97. The van der Waals surface area contributed by atoms with Crippen LogP contribution in [0.2, 0.25) is 0 Å². The molecule has 0 unspecified atom stereocenters. The molecule has 4 aromatic rings. The van der Waals surface area contributed by atoms with Gasteiger partial charge in [0.1, 0.15) is 17.2 Å². The van der Waals surface area contributed by atoms with Gasteiger partial charge < -0.3 is 10.4 Å². The fourth-order valence-corrected chi connectivity index (χ4v) is 2.88. The molecule has 130 valence electrons. The summed E-state index contributed by atoms with van der Waals surface area (Å²) in [6, 6.07) is 20.1. The van der Waals surface area contributed by atoms with Crippen molar-refractivity contribution in [1.29, 1.82) is 0 Å². The normalized spacial score (nSPS) is 10.5. The number of nitrogens with one attached hydrogen (secondary N) is 1. The van der Waals surface area contributed by atoms with Gasteiger partial charge in [0.15, 0.2) is 0 Å². The van der Waals surface area contributed by atoms with Crippen molar-refractivity contribution in [3.8, 4) is 23.6 Å². The number of pyridine rings is 1. The summed E-state index contributed by atoms with van der Waals surface area (Å²) in [5.41, 5.74) is 4.24. The average Bonchev–Trinajstić information content (AvgIpc) is 3.06. The molecule has 0 bridgehead atoms. The summed E-state index contributed by atoms with van der Waals surface area (Å²) in [7, 11) is 0. The number of hydrogen-bond donors (Lipinski definition) is 2. The SMILES string of the molecule is C#Cc1ccc2nc(-c3ccccc3)c(Nc3ccc(C(=O)O)cc3)n2c1. The van der Waals surface area contributed by atoms with Gasteiger partial charge in [0.05, 0.1) is 5.56 Å². The molecule has 2 heterocycles. The Kier molecular flexibility index (Phi) is 4.07. The predicted octanol–water partition coefficient (Wildman–Crippen LogP) is 4.42. The highest BCUT2D eigenvalue weighted by Crippen LogP contribution is 2.31. The van der Waals surface area contributed by atoms with Crippen molar-refractivity contribution in [3.63, 3.8) is 0 Å². The molecule has 0 atom stereocenters. The van der Waals surface area contributed by atoms with E-state index in [0.717, 1.165) is 34.0 Å². The molecule has 0 spiro atoms. The van der Waals surface area contributed by atoms with E-state index in [9.17, 15) is 4.79 Å². The van der Waals surface area contributed by atoms with Gasteiger partial charge in [0.25, 0.3) is 0 Å². The van der Waals surface area contributed by atoms with Crippen molar-refractivity contribution in [2.45, 2.75) is 0 Å². The van der Waals surface area contributed by atoms with E-state index in [4.69, 9.17) is 16.5 Å². The van der Waals surface area contributed by atoms with Crippen LogP contribution in [-0.2, 0) is 0 Å². The first-order valence-corrected chi connectivity index (χ1v) is 8.30. The third kappa shape index (κ3) is 3.12. The van der Waals surface area contributed by atoms with Crippen LogP contribution in [0.1, 0.15) is 15.9 Å². The standard InChI is InChI=1S/C22H15N3O2/c1-2-15-8-13-19-24-20(16-6-4-3-5-7-16)21(25(19)14-15)23-18-11-9-17(10-12-18)22(26)27/h1,3-14,23H,(H,26,27). The van der Waals surface area contributed by atoms with Gasteiger partial charge in [-0.2, -0.15) is 0 Å². The summed E-state index contributed by atoms with van der Waals surface area (Å²) in [5, 5.41) is 12.4. The fraction of sp³-hybridized carbons (Fsp3) is 0. The Bertz CT molecular complexity index is 1170. The maximum absolute atomic E-state index is 11.1. The highest BCUT2D eigenvalue weighted by molar-refractivity contribution is 5.88. The summed E-state index contributed by atoms with van der Waals surface area (Å²) in [5.74, 6) is 2.44. The molecule has 5 heteroatoms. The van der Waals surface area contributed by atoms with E-state index < -0.39 is 5.97 Å². The zero-order chi connectivity index (χ0) is 18.8. The van der Waals surface area contributed by atoms with Crippen LogP contribution in [0.5, 0.6) is 0 Å². The lowest BCUT2D eigenvalue weighted by molar-refractivity contribution is 0.0697. The molecule has 2 N–H and O–H groups in total. The molecule has 0 aliphatic heterocycles. The number of hydrogen-bond acceptors (Lipinski definition) is 3. The molecule has 0 saturated heterocycles. The number of carboxylic acids is 1. The number of fused-ring (bicyclic) bond motifs is 1. The molecule has 0 aliphatic rings. The van der Waals surface area contributed by atoms with Gasteiger partial charge in [-0.1, -0.05) is 36.3 Å². The summed E-state index contributed by atoms with van der Waals surface area (Å²) in [6.45, 7) is 0. The fourth-order valence-electron chi connectivity index (χ4n) is 2.88. The van der Waals surface area contributed by atoms with E-state index in [2.05, 4.69) is 11.2 Å². The lowest BCUT2D eigenvalue weighted by Crippen LogP contribution is -1.99. The smallest absolute Gasteiger partial charge is 0.335 e. The first-order valence-electron chi connectivity index (χ1n) is 8.30. The van der Waals surface area contributed by atoms with Crippen molar-refractivity contribution in [2.24, 2.45) is 0 Å². The van der Waals surface area contributed by atoms with Crippen LogP contribution in [0, 0.1) is 12.3 Å². The van der Waals surface area contributed by atoms with Gasteiger partial charge in [-0.25, -0.2) is 9.78 Å². The van der Waals surface area contributed by atoms with Crippen molar-refractivity contribution >= 4 is 23.1 Å². The van der Waals surface area contributed by atoms with E-state index >= 15 is 0 Å². The lowest BCUT2D eigenvalue weighted by atomic mass is 10.1. The van der Waals surface area contributed by atoms with Gasteiger partial charge in [0, 0.05) is 23.0 Å². The van der Waals surface area contributed by atoms with Crippen LogP contribution >= 0.6 is 0 Å². The third-order valence-electron chi connectivity index (χ3n) is 4.23. The number of carbonyl (C=O) groups is 1. The van der Waals surface area contributed by atoms with Crippen molar-refractivity contribution in [1.82, 2.24) is 9.38 Å². The molecule has 4 rings (SSSR count). The molecule has 0 amide bonds. The minimum atomic E-state index is -0.958. The number of terminal acetylenes is 1. The zero-order valence-electron chi connectivity index (χ0n) is 14.3. The minimum absolute atomic E-state index is 0.233. The zero-order valence-corrected chi connectivity index (χ0v) is 14.3. The Hall–Kier alpha value is -4.04. The predicted molar refractivity (Wildman–Crippen MR) is 105 cm³/mol. The molecule has 5 nitrogen and oxygen atoms in total. The molecule has 2 aromatic heterocycles. The maximum Gasteiger partial charge on any atom is 0.335 e.